The van der Waals surface area contributed by atoms with Gasteiger partial charge in [-0.25, -0.2) is 0 Å². The first-order valence-corrected chi connectivity index (χ1v) is 28.9. The summed E-state index contributed by atoms with van der Waals surface area (Å²) in [6.45, 7) is 18.8. The van der Waals surface area contributed by atoms with E-state index in [-0.39, 0.29) is 5.41 Å². The number of para-hydroxylation sites is 2. The number of ether oxygens (including phenoxy) is 1. The van der Waals surface area contributed by atoms with Gasteiger partial charge in [0.15, 0.2) is 0 Å². The predicted molar refractivity (Wildman–Crippen MR) is 294 cm³/mol. The van der Waals surface area contributed by atoms with E-state index in [1.807, 2.05) is 0 Å². The second kappa shape index (κ2) is 24.3. The van der Waals surface area contributed by atoms with Crippen molar-refractivity contribution in [3.05, 3.63) is 166 Å². The lowest BCUT2D eigenvalue weighted by Crippen LogP contribution is -2.33. The van der Waals surface area contributed by atoms with E-state index in [9.17, 15) is 0 Å². The first-order valence-electron chi connectivity index (χ1n) is 26.2. The van der Waals surface area contributed by atoms with E-state index in [1.54, 1.807) is 0 Å². The summed E-state index contributed by atoms with van der Waals surface area (Å²) in [5.41, 5.74) is 11.2. The molecule has 1 heterocycles. The average Bonchev–Trinajstić information content (AvgIpc) is 3.33. The van der Waals surface area contributed by atoms with Crippen molar-refractivity contribution < 1.29 is 4.74 Å². The van der Waals surface area contributed by atoms with Crippen molar-refractivity contribution in [3.8, 4) is 11.5 Å². The zero-order chi connectivity index (χ0) is 46.5. The van der Waals surface area contributed by atoms with Gasteiger partial charge in [-0.2, -0.15) is 0 Å². The predicted octanol–water partition coefficient (Wildman–Crippen LogP) is 15.7. The summed E-state index contributed by atoms with van der Waals surface area (Å²) in [6, 6.07) is 48.7. The van der Waals surface area contributed by atoms with Gasteiger partial charge >= 0.3 is 0 Å². The van der Waals surface area contributed by atoms with Crippen LogP contribution in [0.5, 0.6) is 11.5 Å². The monoisotopic (exact) mass is 915 g/mol. The highest BCUT2D eigenvalue weighted by Crippen LogP contribution is 2.52. The molecule has 6 aromatic carbocycles. The van der Waals surface area contributed by atoms with Gasteiger partial charge in [-0.15, -0.1) is 0 Å². The molecule has 3 heteroatoms. The SMILES string of the molecule is CCCCc1cc(CCCC)cc(P(c2ccccc2)c2cccc3c2Oc2c(P(c4cc(CCCC)cc(CCCC)c4)c4cc(CCCC)cc(CCCC)c4)cccc2C3(C)C)c1. The highest BCUT2D eigenvalue weighted by Gasteiger charge is 2.39. The maximum atomic E-state index is 7.83. The molecule has 0 saturated carbocycles. The highest BCUT2D eigenvalue weighted by molar-refractivity contribution is 7.80. The number of hydrogen-bond acceptors (Lipinski definition) is 1. The molecule has 0 spiro atoms. The first kappa shape index (κ1) is 49.9. The molecule has 0 bridgehead atoms. The summed E-state index contributed by atoms with van der Waals surface area (Å²) in [4.78, 5) is 0. The zero-order valence-electron chi connectivity index (χ0n) is 42.1. The van der Waals surface area contributed by atoms with Gasteiger partial charge in [0.25, 0.3) is 0 Å². The summed E-state index contributed by atoms with van der Waals surface area (Å²) < 4.78 is 7.83. The molecule has 0 amide bonds. The molecular formula is C63H80OP2. The van der Waals surface area contributed by atoms with Crippen LogP contribution in [0.3, 0.4) is 0 Å². The molecule has 0 fully saturated rings. The Morgan fingerprint density at radius 3 is 0.955 bits per heavy atom. The molecule has 1 unspecified atom stereocenters. The molecule has 7 rings (SSSR count). The number of aryl methyl sites for hydroxylation is 6. The molecule has 1 atom stereocenters. The Labute approximate surface area is 404 Å². The van der Waals surface area contributed by atoms with Gasteiger partial charge in [0.05, 0.1) is 0 Å². The lowest BCUT2D eigenvalue weighted by molar-refractivity contribution is 0.425. The van der Waals surface area contributed by atoms with Crippen molar-refractivity contribution in [2.75, 3.05) is 0 Å². The molecule has 348 valence electrons. The van der Waals surface area contributed by atoms with Crippen LogP contribution in [0.2, 0.25) is 0 Å². The Bertz CT molecular complexity index is 2340. The van der Waals surface area contributed by atoms with E-state index in [0.29, 0.717) is 0 Å². The molecule has 0 radical (unpaired) electrons. The number of rotatable bonds is 24. The van der Waals surface area contributed by atoms with E-state index >= 15 is 0 Å². The molecule has 0 N–H and O–H groups in total. The van der Waals surface area contributed by atoms with Crippen molar-refractivity contribution in [1.82, 2.24) is 0 Å². The molecule has 0 aromatic heterocycles. The minimum Gasteiger partial charge on any atom is -0.455 e. The Hall–Kier alpha value is -4.02. The van der Waals surface area contributed by atoms with Crippen LogP contribution in [-0.2, 0) is 43.9 Å². The number of unbranched alkanes of at least 4 members (excludes halogenated alkanes) is 6. The summed E-state index contributed by atoms with van der Waals surface area (Å²) in [7, 11) is -1.90. The van der Waals surface area contributed by atoms with Crippen molar-refractivity contribution in [3.63, 3.8) is 0 Å². The molecule has 1 aliphatic heterocycles. The normalized spacial score (nSPS) is 13.3. The highest BCUT2D eigenvalue weighted by atomic mass is 31.1. The van der Waals surface area contributed by atoms with Gasteiger partial charge in [-0.3, -0.25) is 0 Å². The van der Waals surface area contributed by atoms with Crippen LogP contribution in [0, 0.1) is 0 Å². The van der Waals surface area contributed by atoms with E-state index in [4.69, 9.17) is 4.74 Å². The van der Waals surface area contributed by atoms with Crippen LogP contribution in [0.25, 0.3) is 0 Å². The third-order valence-electron chi connectivity index (χ3n) is 13.8. The lowest BCUT2D eigenvalue weighted by Gasteiger charge is -2.38. The number of benzene rings is 6. The molecule has 0 saturated heterocycles. The largest absolute Gasteiger partial charge is 0.455 e. The average molecular weight is 915 g/mol. The summed E-state index contributed by atoms with van der Waals surface area (Å²) in [5.74, 6) is 2.15. The maximum absolute atomic E-state index is 7.83. The topological polar surface area (TPSA) is 9.23 Å². The van der Waals surface area contributed by atoms with Gasteiger partial charge in [0.2, 0.25) is 0 Å². The van der Waals surface area contributed by atoms with Gasteiger partial charge in [-0.1, -0.05) is 215 Å². The van der Waals surface area contributed by atoms with Gasteiger partial charge in [-0.05, 0) is 147 Å². The van der Waals surface area contributed by atoms with Crippen LogP contribution in [0.15, 0.2) is 121 Å². The van der Waals surface area contributed by atoms with Crippen LogP contribution in [-0.4, -0.2) is 0 Å². The molecule has 1 aliphatic rings. The van der Waals surface area contributed by atoms with Crippen molar-refractivity contribution in [1.29, 1.82) is 0 Å². The molecule has 66 heavy (non-hydrogen) atoms. The molecular weight excluding hydrogens is 835 g/mol. The fraction of sp³-hybridized carbons (Fsp3) is 0.429. The summed E-state index contributed by atoms with van der Waals surface area (Å²) in [6.07, 6.45) is 21.2. The smallest absolute Gasteiger partial charge is 0.139 e. The second-order valence-electron chi connectivity index (χ2n) is 19.7. The fourth-order valence-electron chi connectivity index (χ4n) is 10.0. The fourth-order valence-corrected chi connectivity index (χ4v) is 15.2. The van der Waals surface area contributed by atoms with Crippen LogP contribution in [0.4, 0.5) is 0 Å². The van der Waals surface area contributed by atoms with Gasteiger partial charge in [0, 0.05) is 27.2 Å². The Morgan fingerprint density at radius 1 is 0.348 bits per heavy atom. The minimum absolute atomic E-state index is 0.270. The standard InChI is InChI=1S/C63H80OP2/c1-9-15-26-47-38-48(27-16-10-2)42-54(41-47)65(53-32-22-21-23-33-53)59-36-24-34-57-61(59)64-62-58(63(57,7)8)35-25-37-60(62)66(55-43-49(28-17-11-3)39-50(44-55)29-18-12-4)56-45-51(30-19-13-5)40-52(46-56)31-20-14-6/h21-25,32-46H,9-20,26-31H2,1-8H3. The van der Waals surface area contributed by atoms with Crippen LogP contribution < -0.4 is 36.6 Å². The Morgan fingerprint density at radius 2 is 0.652 bits per heavy atom. The third-order valence-corrected chi connectivity index (χ3v) is 18.6. The molecule has 6 aromatic rings. The lowest BCUT2D eigenvalue weighted by atomic mass is 9.76. The Kier molecular flexibility index (Phi) is 18.4. The van der Waals surface area contributed by atoms with E-state index in [1.165, 1.54) is 153 Å². The zero-order valence-corrected chi connectivity index (χ0v) is 43.9. The van der Waals surface area contributed by atoms with Crippen molar-refractivity contribution in [2.24, 2.45) is 0 Å². The van der Waals surface area contributed by atoms with Crippen molar-refractivity contribution >= 4 is 47.7 Å². The molecule has 1 nitrogen and oxygen atoms in total. The van der Waals surface area contributed by atoms with E-state index in [2.05, 4.69) is 177 Å². The number of hydrogen-bond donors (Lipinski definition) is 0. The van der Waals surface area contributed by atoms with E-state index in [0.717, 1.165) is 50.0 Å². The molecule has 0 aliphatic carbocycles. The van der Waals surface area contributed by atoms with Crippen molar-refractivity contribution in [2.45, 2.75) is 176 Å². The van der Waals surface area contributed by atoms with Crippen LogP contribution >= 0.6 is 15.8 Å². The first-order chi connectivity index (χ1) is 32.2. The van der Waals surface area contributed by atoms with Crippen LogP contribution in [0.1, 0.15) is 177 Å². The summed E-state index contributed by atoms with van der Waals surface area (Å²) >= 11 is 0. The van der Waals surface area contributed by atoms with Gasteiger partial charge < -0.3 is 4.74 Å². The second-order valence-corrected chi connectivity index (χ2v) is 24.1. The van der Waals surface area contributed by atoms with E-state index < -0.39 is 15.8 Å². The summed E-state index contributed by atoms with van der Waals surface area (Å²) in [5, 5.41) is 8.45. The van der Waals surface area contributed by atoms with Gasteiger partial charge in [0.1, 0.15) is 11.5 Å². The minimum atomic E-state index is -0.969. The quantitative estimate of drug-likeness (QED) is 0.0550. The number of fused-ring (bicyclic) bond motifs is 2. The maximum Gasteiger partial charge on any atom is 0.139 e. The third kappa shape index (κ3) is 12.0. The Balaban J connectivity index is 1.47.